The first-order chi connectivity index (χ1) is 14.0. The molecule has 0 radical (unpaired) electrons. The molecule has 5 heteroatoms. The molecule has 3 rings (SSSR count). The Labute approximate surface area is 170 Å². The van der Waals surface area contributed by atoms with Crippen molar-refractivity contribution in [3.05, 3.63) is 88.5 Å². The minimum Gasteiger partial charge on any atom is -0.493 e. The Morgan fingerprint density at radius 2 is 1.69 bits per heavy atom. The fourth-order valence-corrected chi connectivity index (χ4v) is 3.04. The number of rotatable bonds is 8. The molecule has 3 aromatic rings. The van der Waals surface area contributed by atoms with E-state index in [1.807, 2.05) is 36.4 Å². The molecule has 0 fully saturated rings. The average Bonchev–Trinajstić information content (AvgIpc) is 2.72. The van der Waals surface area contributed by atoms with Crippen LogP contribution in [0.3, 0.4) is 0 Å². The van der Waals surface area contributed by atoms with Crippen molar-refractivity contribution in [2.24, 2.45) is 0 Å². The molecule has 0 saturated carbocycles. The number of carboxylic acid groups (broad SMARTS) is 1. The third kappa shape index (κ3) is 5.08. The van der Waals surface area contributed by atoms with Gasteiger partial charge in [0, 0.05) is 12.2 Å². The van der Waals surface area contributed by atoms with Crippen LogP contribution in [0.5, 0.6) is 11.5 Å². The molecule has 0 spiro atoms. The maximum atomic E-state index is 11.3. The van der Waals surface area contributed by atoms with Crippen molar-refractivity contribution in [3.8, 4) is 11.5 Å². The lowest BCUT2D eigenvalue weighted by Gasteiger charge is -2.14. The maximum absolute atomic E-state index is 11.3. The summed E-state index contributed by atoms with van der Waals surface area (Å²) in [6, 6.07) is 19.2. The predicted octanol–water partition coefficient (Wildman–Crippen LogP) is 5.20. The van der Waals surface area contributed by atoms with Gasteiger partial charge in [0.25, 0.3) is 0 Å². The summed E-state index contributed by atoms with van der Waals surface area (Å²) < 4.78 is 11.4. The summed E-state index contributed by atoms with van der Waals surface area (Å²) in [5.74, 6) is 0.413. The first-order valence-corrected chi connectivity index (χ1v) is 9.40. The molecule has 3 aromatic carbocycles. The van der Waals surface area contributed by atoms with E-state index in [0.29, 0.717) is 35.8 Å². The van der Waals surface area contributed by atoms with Crippen molar-refractivity contribution in [2.45, 2.75) is 27.0 Å². The van der Waals surface area contributed by atoms with Crippen LogP contribution in [0.15, 0.2) is 60.7 Å². The summed E-state index contributed by atoms with van der Waals surface area (Å²) in [5.41, 5.74) is 5.12. The van der Waals surface area contributed by atoms with E-state index in [-0.39, 0.29) is 0 Å². The fraction of sp³-hybridized carbons (Fsp3) is 0.208. The van der Waals surface area contributed by atoms with E-state index in [1.165, 1.54) is 5.56 Å². The van der Waals surface area contributed by atoms with E-state index in [9.17, 15) is 9.90 Å². The van der Waals surface area contributed by atoms with Gasteiger partial charge in [-0.15, -0.1) is 0 Å². The fourth-order valence-electron chi connectivity index (χ4n) is 3.04. The maximum Gasteiger partial charge on any atom is 0.336 e. The molecule has 0 aliphatic rings. The van der Waals surface area contributed by atoms with Gasteiger partial charge in [-0.25, -0.2) is 4.79 Å². The molecule has 0 unspecified atom stereocenters. The van der Waals surface area contributed by atoms with Gasteiger partial charge in [0.15, 0.2) is 11.5 Å². The molecule has 0 aromatic heterocycles. The number of hydrogen-bond donors (Lipinski definition) is 2. The van der Waals surface area contributed by atoms with Gasteiger partial charge in [-0.1, -0.05) is 42.0 Å². The van der Waals surface area contributed by atoms with E-state index < -0.39 is 5.97 Å². The van der Waals surface area contributed by atoms with Gasteiger partial charge >= 0.3 is 5.97 Å². The Balaban J connectivity index is 1.68. The Bertz CT molecular complexity index is 996. The molecule has 5 nitrogen and oxygen atoms in total. The van der Waals surface area contributed by atoms with Crippen LogP contribution in [-0.2, 0) is 13.2 Å². The van der Waals surface area contributed by atoms with Gasteiger partial charge in [-0.3, -0.25) is 0 Å². The standard InChI is InChI=1S/C24H25NO4/c1-16-7-9-18(10-8-16)15-29-22-12-11-19(13-23(22)28-3)14-25-21-6-4-5-20(17(21)2)24(26)27/h4-13,25H,14-15H2,1-3H3,(H,26,27). The Kier molecular flexibility index (Phi) is 6.39. The molecule has 0 amide bonds. The number of methoxy groups -OCH3 is 1. The molecular weight excluding hydrogens is 366 g/mol. The predicted molar refractivity (Wildman–Crippen MR) is 114 cm³/mol. The number of aromatic carboxylic acids is 1. The average molecular weight is 391 g/mol. The highest BCUT2D eigenvalue weighted by atomic mass is 16.5. The Morgan fingerprint density at radius 3 is 2.38 bits per heavy atom. The molecule has 29 heavy (non-hydrogen) atoms. The molecule has 0 heterocycles. The van der Waals surface area contributed by atoms with Gasteiger partial charge in [0.05, 0.1) is 12.7 Å². The van der Waals surface area contributed by atoms with Gasteiger partial charge < -0.3 is 19.9 Å². The number of carboxylic acids is 1. The zero-order valence-corrected chi connectivity index (χ0v) is 16.9. The van der Waals surface area contributed by atoms with Crippen LogP contribution in [0.25, 0.3) is 0 Å². The molecule has 0 bridgehead atoms. The molecule has 0 saturated heterocycles. The molecule has 0 aliphatic heterocycles. The highest BCUT2D eigenvalue weighted by Crippen LogP contribution is 2.29. The second-order valence-electron chi connectivity index (χ2n) is 6.90. The lowest BCUT2D eigenvalue weighted by molar-refractivity contribution is 0.0696. The number of ether oxygens (including phenoxy) is 2. The summed E-state index contributed by atoms with van der Waals surface area (Å²) in [7, 11) is 1.62. The van der Waals surface area contributed by atoms with Crippen molar-refractivity contribution in [1.29, 1.82) is 0 Å². The summed E-state index contributed by atoms with van der Waals surface area (Å²) >= 11 is 0. The SMILES string of the molecule is COc1cc(CNc2cccc(C(=O)O)c2C)ccc1OCc1ccc(C)cc1. The topological polar surface area (TPSA) is 67.8 Å². The van der Waals surface area contributed by atoms with Crippen molar-refractivity contribution < 1.29 is 19.4 Å². The van der Waals surface area contributed by atoms with Crippen molar-refractivity contribution in [3.63, 3.8) is 0 Å². The normalized spacial score (nSPS) is 10.4. The van der Waals surface area contributed by atoms with E-state index in [0.717, 1.165) is 16.8 Å². The lowest BCUT2D eigenvalue weighted by atomic mass is 10.1. The zero-order chi connectivity index (χ0) is 20.8. The van der Waals surface area contributed by atoms with E-state index in [2.05, 4.69) is 24.4 Å². The van der Waals surface area contributed by atoms with Crippen LogP contribution in [0.1, 0.15) is 32.6 Å². The second-order valence-corrected chi connectivity index (χ2v) is 6.90. The van der Waals surface area contributed by atoms with E-state index >= 15 is 0 Å². The van der Waals surface area contributed by atoms with Crippen LogP contribution >= 0.6 is 0 Å². The highest BCUT2D eigenvalue weighted by Gasteiger charge is 2.11. The molecule has 0 atom stereocenters. The van der Waals surface area contributed by atoms with Crippen molar-refractivity contribution in [1.82, 2.24) is 0 Å². The van der Waals surface area contributed by atoms with E-state index in [4.69, 9.17) is 9.47 Å². The number of benzene rings is 3. The third-order valence-corrected chi connectivity index (χ3v) is 4.79. The summed E-state index contributed by atoms with van der Waals surface area (Å²) in [6.45, 7) is 4.86. The van der Waals surface area contributed by atoms with Crippen LogP contribution in [-0.4, -0.2) is 18.2 Å². The smallest absolute Gasteiger partial charge is 0.336 e. The van der Waals surface area contributed by atoms with Gasteiger partial charge in [0.1, 0.15) is 6.61 Å². The zero-order valence-electron chi connectivity index (χ0n) is 16.9. The van der Waals surface area contributed by atoms with Gasteiger partial charge in [-0.05, 0) is 54.8 Å². The van der Waals surface area contributed by atoms with Crippen LogP contribution < -0.4 is 14.8 Å². The minimum atomic E-state index is -0.928. The number of nitrogens with one attached hydrogen (secondary N) is 1. The third-order valence-electron chi connectivity index (χ3n) is 4.79. The first-order valence-electron chi connectivity index (χ1n) is 9.40. The largest absolute Gasteiger partial charge is 0.493 e. The summed E-state index contributed by atoms with van der Waals surface area (Å²) in [5, 5.41) is 12.6. The molecule has 2 N–H and O–H groups in total. The molecular formula is C24H25NO4. The lowest BCUT2D eigenvalue weighted by Crippen LogP contribution is -2.06. The number of hydrogen-bond acceptors (Lipinski definition) is 4. The number of carbonyl (C=O) groups is 1. The summed E-state index contributed by atoms with van der Waals surface area (Å²) in [4.78, 5) is 11.3. The van der Waals surface area contributed by atoms with Crippen LogP contribution in [0.4, 0.5) is 5.69 Å². The van der Waals surface area contributed by atoms with Crippen LogP contribution in [0.2, 0.25) is 0 Å². The van der Waals surface area contributed by atoms with Crippen molar-refractivity contribution >= 4 is 11.7 Å². The van der Waals surface area contributed by atoms with Gasteiger partial charge in [-0.2, -0.15) is 0 Å². The monoisotopic (exact) mass is 391 g/mol. The Morgan fingerprint density at radius 1 is 0.966 bits per heavy atom. The number of anilines is 1. The Hall–Kier alpha value is -3.47. The quantitative estimate of drug-likeness (QED) is 0.552. The highest BCUT2D eigenvalue weighted by molar-refractivity contribution is 5.91. The number of aryl methyl sites for hydroxylation is 1. The van der Waals surface area contributed by atoms with Crippen molar-refractivity contribution in [2.75, 3.05) is 12.4 Å². The molecule has 150 valence electrons. The molecule has 0 aliphatic carbocycles. The summed E-state index contributed by atoms with van der Waals surface area (Å²) in [6.07, 6.45) is 0. The van der Waals surface area contributed by atoms with E-state index in [1.54, 1.807) is 26.2 Å². The first kappa shape index (κ1) is 20.3. The second kappa shape index (κ2) is 9.15. The minimum absolute atomic E-state index is 0.299. The van der Waals surface area contributed by atoms with Gasteiger partial charge in [0.2, 0.25) is 0 Å². The van der Waals surface area contributed by atoms with Crippen LogP contribution in [0, 0.1) is 13.8 Å².